The van der Waals surface area contributed by atoms with Crippen molar-refractivity contribution in [3.05, 3.63) is 54.1 Å². The maximum absolute atomic E-state index is 12.4. The topological polar surface area (TPSA) is 58.6 Å². The van der Waals surface area contributed by atoms with Crippen molar-refractivity contribution >= 4 is 17.6 Å². The lowest BCUT2D eigenvalue weighted by molar-refractivity contribution is -0.0602. The van der Waals surface area contributed by atoms with Crippen molar-refractivity contribution in [1.29, 1.82) is 0 Å². The molecule has 2 rings (SSSR count). The molecular formula is C17H17F3N2OS. The van der Waals surface area contributed by atoms with E-state index in [9.17, 15) is 18.3 Å². The number of aromatic hydroxyl groups is 1. The molecule has 0 aromatic heterocycles. The highest BCUT2D eigenvalue weighted by molar-refractivity contribution is 7.99. The van der Waals surface area contributed by atoms with Gasteiger partial charge in [0.05, 0.1) is 6.04 Å². The van der Waals surface area contributed by atoms with Crippen molar-refractivity contribution < 1.29 is 18.3 Å². The number of alkyl halides is 3. The number of rotatable bonds is 5. The molecule has 0 radical (unpaired) electrons. The molecule has 2 aromatic rings. The third-order valence-corrected chi connectivity index (χ3v) is 4.19. The first-order valence-electron chi connectivity index (χ1n) is 7.20. The lowest BCUT2D eigenvalue weighted by Gasteiger charge is -2.11. The molecule has 0 aliphatic heterocycles. The Morgan fingerprint density at radius 1 is 1.08 bits per heavy atom. The number of benzene rings is 2. The van der Waals surface area contributed by atoms with Crippen LogP contribution >= 0.6 is 11.8 Å². The maximum Gasteiger partial charge on any atom is 0.448 e. The average Bonchev–Trinajstić information content (AvgIpc) is 2.50. The van der Waals surface area contributed by atoms with Gasteiger partial charge in [0.2, 0.25) is 5.84 Å². The molecule has 1 atom stereocenters. The third kappa shape index (κ3) is 5.49. The molecule has 3 N–H and O–H groups in total. The summed E-state index contributed by atoms with van der Waals surface area (Å²) in [7, 11) is 0. The number of hydrogen-bond acceptors (Lipinski definition) is 3. The zero-order chi connectivity index (χ0) is 17.7. The van der Waals surface area contributed by atoms with E-state index in [0.717, 1.165) is 15.4 Å². The molecule has 0 amide bonds. The first-order valence-corrected chi connectivity index (χ1v) is 8.02. The van der Waals surface area contributed by atoms with Crippen LogP contribution in [0.1, 0.15) is 12.5 Å². The highest BCUT2D eigenvalue weighted by Crippen LogP contribution is 2.29. The van der Waals surface area contributed by atoms with Gasteiger partial charge in [-0.25, -0.2) is 0 Å². The Morgan fingerprint density at radius 2 is 1.58 bits per heavy atom. The number of aliphatic imine (C=N–C) groups is 1. The fourth-order valence-electron chi connectivity index (χ4n) is 2.04. The molecule has 24 heavy (non-hydrogen) atoms. The maximum atomic E-state index is 12.4. The van der Waals surface area contributed by atoms with Crippen molar-refractivity contribution in [3.63, 3.8) is 0 Å². The van der Waals surface area contributed by atoms with E-state index in [1.807, 2.05) is 36.4 Å². The van der Waals surface area contributed by atoms with Crippen LogP contribution in [0.5, 0.6) is 5.75 Å². The summed E-state index contributed by atoms with van der Waals surface area (Å²) in [5, 5.41) is 9.26. The molecule has 0 saturated heterocycles. The van der Waals surface area contributed by atoms with Crippen LogP contribution in [0.2, 0.25) is 0 Å². The molecule has 128 valence electrons. The molecule has 0 saturated carbocycles. The molecular weight excluding hydrogens is 337 g/mol. The van der Waals surface area contributed by atoms with Crippen LogP contribution in [-0.2, 0) is 6.42 Å². The first-order chi connectivity index (χ1) is 11.2. The highest BCUT2D eigenvalue weighted by Gasteiger charge is 2.33. The van der Waals surface area contributed by atoms with Gasteiger partial charge in [0.1, 0.15) is 5.75 Å². The number of hydrogen-bond donors (Lipinski definition) is 2. The zero-order valence-electron chi connectivity index (χ0n) is 12.9. The molecule has 0 spiro atoms. The Balaban J connectivity index is 1.98. The molecule has 0 unspecified atom stereocenters. The minimum absolute atomic E-state index is 0.211. The van der Waals surface area contributed by atoms with Gasteiger partial charge in [-0.3, -0.25) is 4.99 Å². The summed E-state index contributed by atoms with van der Waals surface area (Å²) >= 11 is 1.53. The van der Waals surface area contributed by atoms with Gasteiger partial charge in [0.25, 0.3) is 0 Å². The molecule has 0 heterocycles. The van der Waals surface area contributed by atoms with E-state index in [0.29, 0.717) is 6.42 Å². The van der Waals surface area contributed by atoms with E-state index < -0.39 is 18.1 Å². The monoisotopic (exact) mass is 354 g/mol. The number of phenolic OH excluding ortho intramolecular Hbond substituents is 1. The van der Waals surface area contributed by atoms with Crippen LogP contribution in [0.4, 0.5) is 13.2 Å². The zero-order valence-corrected chi connectivity index (χ0v) is 13.7. The van der Waals surface area contributed by atoms with Gasteiger partial charge in [-0.05, 0) is 55.3 Å². The van der Waals surface area contributed by atoms with Crippen molar-refractivity contribution in [3.8, 4) is 5.75 Å². The second-order valence-corrected chi connectivity index (χ2v) is 6.45. The van der Waals surface area contributed by atoms with Crippen molar-refractivity contribution in [2.75, 3.05) is 0 Å². The average molecular weight is 354 g/mol. The van der Waals surface area contributed by atoms with Gasteiger partial charge < -0.3 is 10.8 Å². The lowest BCUT2D eigenvalue weighted by Crippen LogP contribution is -2.32. The minimum Gasteiger partial charge on any atom is -0.508 e. The van der Waals surface area contributed by atoms with Gasteiger partial charge in [-0.2, -0.15) is 13.2 Å². The summed E-state index contributed by atoms with van der Waals surface area (Å²) in [6, 6.07) is 13.8. The Labute approximate surface area is 142 Å². The summed E-state index contributed by atoms with van der Waals surface area (Å²) in [6.07, 6.45) is -4.21. The van der Waals surface area contributed by atoms with Crippen LogP contribution in [0.15, 0.2) is 63.3 Å². The third-order valence-electron chi connectivity index (χ3n) is 3.18. The van der Waals surface area contributed by atoms with E-state index in [2.05, 4.69) is 4.99 Å². The van der Waals surface area contributed by atoms with Crippen LogP contribution in [0.25, 0.3) is 0 Å². The Hall–Kier alpha value is -2.15. The number of nitrogens with two attached hydrogens (primary N) is 1. The summed E-state index contributed by atoms with van der Waals surface area (Å²) in [4.78, 5) is 5.46. The van der Waals surface area contributed by atoms with E-state index in [4.69, 9.17) is 5.73 Å². The van der Waals surface area contributed by atoms with Crippen molar-refractivity contribution in [2.45, 2.75) is 35.4 Å². The molecule has 2 aromatic carbocycles. The van der Waals surface area contributed by atoms with Gasteiger partial charge >= 0.3 is 6.18 Å². The quantitative estimate of drug-likeness (QED) is 0.618. The van der Waals surface area contributed by atoms with Crippen LogP contribution < -0.4 is 5.73 Å². The molecule has 0 bridgehead atoms. The minimum atomic E-state index is -4.58. The Kier molecular flexibility index (Phi) is 5.77. The molecule has 0 aliphatic carbocycles. The summed E-state index contributed by atoms with van der Waals surface area (Å²) in [5.41, 5.74) is 5.82. The van der Waals surface area contributed by atoms with Crippen LogP contribution in [-0.4, -0.2) is 23.2 Å². The van der Waals surface area contributed by atoms with Gasteiger partial charge in [-0.1, -0.05) is 23.9 Å². The van der Waals surface area contributed by atoms with E-state index in [1.165, 1.54) is 11.8 Å². The largest absolute Gasteiger partial charge is 0.508 e. The molecule has 3 nitrogen and oxygen atoms in total. The van der Waals surface area contributed by atoms with Crippen LogP contribution in [0, 0.1) is 0 Å². The van der Waals surface area contributed by atoms with E-state index in [1.54, 1.807) is 19.1 Å². The Bertz CT molecular complexity index is 697. The summed E-state index contributed by atoms with van der Waals surface area (Å²) < 4.78 is 37.1. The molecule has 7 heteroatoms. The predicted molar refractivity (Wildman–Crippen MR) is 89.5 cm³/mol. The predicted octanol–water partition coefficient (Wildman–Crippen LogP) is 4.39. The first kappa shape index (κ1) is 18.2. The molecule has 0 aliphatic rings. The SMILES string of the molecule is C[C@H](Cc1ccc(Sc2ccc(O)cc2)cc1)N=C(N)C(F)(F)F. The standard InChI is InChI=1S/C17H17F3N2OS/c1-11(22-16(21)17(18,19)20)10-12-2-6-14(7-3-12)24-15-8-4-13(23)5-9-15/h2-9,11,23H,10H2,1H3,(H2,21,22)/t11-/m1/s1. The number of amidine groups is 1. The van der Waals surface area contributed by atoms with Crippen LogP contribution in [0.3, 0.4) is 0 Å². The lowest BCUT2D eigenvalue weighted by atomic mass is 10.1. The summed E-state index contributed by atoms with van der Waals surface area (Å²) in [5.74, 6) is -1.09. The smallest absolute Gasteiger partial charge is 0.448 e. The number of phenols is 1. The van der Waals surface area contributed by atoms with Crippen molar-refractivity contribution in [2.24, 2.45) is 10.7 Å². The fraction of sp³-hybridized carbons (Fsp3) is 0.235. The Morgan fingerprint density at radius 3 is 2.08 bits per heavy atom. The fourth-order valence-corrected chi connectivity index (χ4v) is 2.86. The highest BCUT2D eigenvalue weighted by atomic mass is 32.2. The van der Waals surface area contributed by atoms with Gasteiger partial charge in [0.15, 0.2) is 0 Å². The van der Waals surface area contributed by atoms with Gasteiger partial charge in [0, 0.05) is 9.79 Å². The van der Waals surface area contributed by atoms with E-state index in [-0.39, 0.29) is 5.75 Å². The normalized spacial score (nSPS) is 13.8. The summed E-state index contributed by atoms with van der Waals surface area (Å²) in [6.45, 7) is 1.59. The van der Waals surface area contributed by atoms with Gasteiger partial charge in [-0.15, -0.1) is 0 Å². The van der Waals surface area contributed by atoms with Crippen molar-refractivity contribution in [1.82, 2.24) is 0 Å². The molecule has 0 fully saturated rings. The number of halogens is 3. The number of nitrogens with zero attached hydrogens (tertiary/aromatic N) is 1. The second-order valence-electron chi connectivity index (χ2n) is 5.31. The van der Waals surface area contributed by atoms with E-state index >= 15 is 0 Å². The second kappa shape index (κ2) is 7.61.